The van der Waals surface area contributed by atoms with Crippen LogP contribution in [0.15, 0.2) is 18.2 Å². The fraction of sp³-hybridized carbons (Fsp3) is 0.143. The summed E-state index contributed by atoms with van der Waals surface area (Å²) in [6.45, 7) is 0. The molecular formula is C7H5BrClFZn. The Balaban J connectivity index is 0.000001000. The number of benzene rings is 1. The Bertz CT molecular complexity index is 242. The largest absolute Gasteiger partial charge is 1.00 e. The standard InChI is InChI=1S/C7H5ClF.BrH.Zn/c1-5-3-2-4-6(8)7(5)9;;/h2-4H,1H2;1H;/q;;+1/p-1. The van der Waals surface area contributed by atoms with E-state index in [4.69, 9.17) is 11.6 Å². The first-order valence-electron chi connectivity index (χ1n) is 2.98. The molecule has 0 fully saturated rings. The molecule has 4 heteroatoms. The summed E-state index contributed by atoms with van der Waals surface area (Å²) in [7, 11) is 0. The molecule has 1 aromatic carbocycles. The minimum Gasteiger partial charge on any atom is -1.00 e. The van der Waals surface area contributed by atoms with E-state index in [0.29, 0.717) is 0 Å². The van der Waals surface area contributed by atoms with Gasteiger partial charge in [-0.05, 0) is 0 Å². The zero-order chi connectivity index (χ0) is 7.56. The third kappa shape index (κ3) is 2.81. The first-order valence-corrected chi connectivity index (χ1v) is 5.45. The van der Waals surface area contributed by atoms with Crippen LogP contribution in [0, 0.1) is 5.82 Å². The van der Waals surface area contributed by atoms with Gasteiger partial charge in [-0.2, -0.15) is 0 Å². The van der Waals surface area contributed by atoms with Crippen molar-refractivity contribution in [3.63, 3.8) is 0 Å². The van der Waals surface area contributed by atoms with E-state index in [0.717, 1.165) is 28.9 Å². The molecule has 1 rings (SSSR count). The van der Waals surface area contributed by atoms with Gasteiger partial charge in [-0.1, -0.05) is 0 Å². The second-order valence-electron chi connectivity index (χ2n) is 1.96. The van der Waals surface area contributed by atoms with Crippen LogP contribution in [0.2, 0.25) is 5.02 Å². The van der Waals surface area contributed by atoms with E-state index >= 15 is 0 Å². The molecule has 0 aliphatic carbocycles. The summed E-state index contributed by atoms with van der Waals surface area (Å²) >= 11 is 6.60. The Labute approximate surface area is 90.6 Å². The normalized spacial score (nSPS) is 9.09. The SMILES string of the molecule is Fc1c(Cl)cccc1[CH2][Zn+].[Br-]. The van der Waals surface area contributed by atoms with Crippen LogP contribution in [0.4, 0.5) is 4.39 Å². The van der Waals surface area contributed by atoms with Gasteiger partial charge in [0, 0.05) is 0 Å². The van der Waals surface area contributed by atoms with Crippen molar-refractivity contribution >= 4 is 11.6 Å². The summed E-state index contributed by atoms with van der Waals surface area (Å²) in [5, 5.41) is 1.04. The van der Waals surface area contributed by atoms with E-state index in [1.165, 1.54) is 0 Å². The van der Waals surface area contributed by atoms with E-state index in [2.05, 4.69) is 0 Å². The summed E-state index contributed by atoms with van der Waals surface area (Å²) in [5.74, 6) is -0.254. The molecular weight excluding hydrogens is 284 g/mol. The average Bonchev–Trinajstić information content (AvgIpc) is 1.95. The molecule has 0 nitrogen and oxygen atoms in total. The van der Waals surface area contributed by atoms with Gasteiger partial charge in [-0.15, -0.1) is 0 Å². The molecule has 0 aromatic heterocycles. The van der Waals surface area contributed by atoms with Crippen molar-refractivity contribution in [1.29, 1.82) is 0 Å². The quantitative estimate of drug-likeness (QED) is 0.613. The van der Waals surface area contributed by atoms with E-state index in [1.54, 1.807) is 18.2 Å². The van der Waals surface area contributed by atoms with Crippen molar-refractivity contribution in [3.8, 4) is 0 Å². The van der Waals surface area contributed by atoms with Crippen LogP contribution in [-0.2, 0) is 23.3 Å². The number of hydrogen-bond acceptors (Lipinski definition) is 0. The van der Waals surface area contributed by atoms with Gasteiger partial charge in [-0.25, -0.2) is 0 Å². The van der Waals surface area contributed by atoms with Crippen molar-refractivity contribution < 1.29 is 39.7 Å². The molecule has 0 unspecified atom stereocenters. The van der Waals surface area contributed by atoms with Crippen LogP contribution >= 0.6 is 11.6 Å². The number of hydrogen-bond donors (Lipinski definition) is 0. The third-order valence-corrected chi connectivity index (χ3v) is 2.72. The van der Waals surface area contributed by atoms with Gasteiger partial charge in [-0.3, -0.25) is 0 Å². The Hall–Kier alpha value is 0.543. The second-order valence-corrected chi connectivity index (χ2v) is 3.42. The Morgan fingerprint density at radius 2 is 2.09 bits per heavy atom. The third-order valence-electron chi connectivity index (χ3n) is 1.30. The molecule has 0 atom stereocenters. The average molecular weight is 289 g/mol. The van der Waals surface area contributed by atoms with E-state index in [-0.39, 0.29) is 27.8 Å². The van der Waals surface area contributed by atoms with E-state index in [1.807, 2.05) is 0 Å². The number of halogens is 3. The van der Waals surface area contributed by atoms with Gasteiger partial charge in [0.2, 0.25) is 0 Å². The van der Waals surface area contributed by atoms with Gasteiger partial charge >= 0.3 is 73.9 Å². The molecule has 0 bridgehead atoms. The van der Waals surface area contributed by atoms with Crippen molar-refractivity contribution in [2.45, 2.75) is 5.02 Å². The van der Waals surface area contributed by atoms with Gasteiger partial charge in [0.1, 0.15) is 0 Å². The fourth-order valence-corrected chi connectivity index (χ4v) is 1.75. The van der Waals surface area contributed by atoms with Crippen LogP contribution < -0.4 is 17.0 Å². The Morgan fingerprint density at radius 1 is 1.45 bits per heavy atom. The fourth-order valence-electron chi connectivity index (χ4n) is 0.742. The minimum atomic E-state index is -0.254. The first kappa shape index (κ1) is 11.5. The minimum absolute atomic E-state index is 0. The smallest absolute Gasteiger partial charge is 1.00 e. The van der Waals surface area contributed by atoms with Crippen molar-refractivity contribution in [3.05, 3.63) is 34.6 Å². The molecule has 0 saturated heterocycles. The van der Waals surface area contributed by atoms with Gasteiger partial charge < -0.3 is 17.0 Å². The molecule has 0 N–H and O–H groups in total. The monoisotopic (exact) mass is 286 g/mol. The van der Waals surface area contributed by atoms with Crippen LogP contribution in [0.1, 0.15) is 5.56 Å². The van der Waals surface area contributed by atoms with Crippen LogP contribution in [0.5, 0.6) is 0 Å². The summed E-state index contributed by atoms with van der Waals surface area (Å²) in [6, 6.07) is 5.11. The summed E-state index contributed by atoms with van der Waals surface area (Å²) in [4.78, 5) is 0. The van der Waals surface area contributed by atoms with Crippen LogP contribution in [0.25, 0.3) is 0 Å². The number of rotatable bonds is 1. The van der Waals surface area contributed by atoms with E-state index in [9.17, 15) is 4.39 Å². The maximum absolute atomic E-state index is 12.9. The topological polar surface area (TPSA) is 0 Å². The molecule has 0 radical (unpaired) electrons. The molecule has 0 spiro atoms. The van der Waals surface area contributed by atoms with Gasteiger partial charge in [0.15, 0.2) is 0 Å². The first-order chi connectivity index (χ1) is 4.75. The molecule has 0 saturated carbocycles. The second kappa shape index (κ2) is 5.24. The zero-order valence-corrected chi connectivity index (χ0v) is 11.1. The predicted molar refractivity (Wildman–Crippen MR) is 35.1 cm³/mol. The van der Waals surface area contributed by atoms with E-state index < -0.39 is 0 Å². The summed E-state index contributed by atoms with van der Waals surface area (Å²) in [5.41, 5.74) is 0.729. The molecule has 0 amide bonds. The molecule has 11 heavy (non-hydrogen) atoms. The predicted octanol–water partition coefficient (Wildman–Crippen LogP) is -0.470. The molecule has 0 aliphatic heterocycles. The maximum Gasteiger partial charge on any atom is -1.00 e. The van der Waals surface area contributed by atoms with Crippen molar-refractivity contribution in [2.75, 3.05) is 0 Å². The van der Waals surface area contributed by atoms with Gasteiger partial charge in [0.05, 0.1) is 0 Å². The van der Waals surface area contributed by atoms with Crippen molar-refractivity contribution in [1.82, 2.24) is 0 Å². The Kier molecular flexibility index (Phi) is 5.49. The molecule has 1 aromatic rings. The van der Waals surface area contributed by atoms with Crippen molar-refractivity contribution in [2.24, 2.45) is 0 Å². The molecule has 56 valence electrons. The maximum atomic E-state index is 12.9. The van der Waals surface area contributed by atoms with Gasteiger partial charge in [0.25, 0.3) is 0 Å². The molecule has 0 heterocycles. The Morgan fingerprint density at radius 3 is 2.55 bits per heavy atom. The summed E-state index contributed by atoms with van der Waals surface area (Å²) < 4.78 is 12.9. The van der Waals surface area contributed by atoms with Crippen LogP contribution in [-0.4, -0.2) is 0 Å². The summed E-state index contributed by atoms with van der Waals surface area (Å²) in [6.07, 6.45) is 0. The molecule has 0 aliphatic rings. The van der Waals surface area contributed by atoms with Crippen LogP contribution in [0.3, 0.4) is 0 Å². The zero-order valence-electron chi connectivity index (χ0n) is 5.78.